The third-order valence-electron chi connectivity index (χ3n) is 4.34. The van der Waals surface area contributed by atoms with Gasteiger partial charge in [-0.15, -0.1) is 24.8 Å². The second-order valence-electron chi connectivity index (χ2n) is 5.80. The Kier molecular flexibility index (Phi) is 9.08. The van der Waals surface area contributed by atoms with Crippen LogP contribution in [0, 0.1) is 0 Å². The van der Waals surface area contributed by atoms with E-state index in [1.807, 2.05) is 18.5 Å². The van der Waals surface area contributed by atoms with E-state index < -0.39 is 0 Å². The van der Waals surface area contributed by atoms with Gasteiger partial charge in [0.2, 0.25) is 0 Å². The Morgan fingerprint density at radius 1 is 1.17 bits per heavy atom. The van der Waals surface area contributed by atoms with E-state index in [0.29, 0.717) is 6.04 Å². The second kappa shape index (κ2) is 10.5. The fraction of sp³-hybridized carbons (Fsp3) is 0.389. The molecule has 1 aromatic carbocycles. The van der Waals surface area contributed by atoms with Gasteiger partial charge in [-0.25, -0.2) is 0 Å². The largest absolute Gasteiger partial charge is 0.373 e. The van der Waals surface area contributed by atoms with Crippen molar-refractivity contribution in [2.45, 2.75) is 6.04 Å². The van der Waals surface area contributed by atoms with Crippen molar-refractivity contribution >= 4 is 30.5 Å². The Morgan fingerprint density at radius 3 is 2.67 bits per heavy atom. The summed E-state index contributed by atoms with van der Waals surface area (Å²) in [6.07, 6.45) is 3.83. The minimum atomic E-state index is 0. The molecule has 132 valence electrons. The van der Waals surface area contributed by atoms with Gasteiger partial charge in [0.15, 0.2) is 0 Å². The highest BCUT2D eigenvalue weighted by Gasteiger charge is 2.23. The molecular formula is C18H26Cl2N4. The van der Waals surface area contributed by atoms with Crippen LogP contribution >= 0.6 is 24.8 Å². The van der Waals surface area contributed by atoms with E-state index in [1.54, 1.807) is 0 Å². The van der Waals surface area contributed by atoms with Gasteiger partial charge in [-0.1, -0.05) is 24.3 Å². The van der Waals surface area contributed by atoms with Crippen LogP contribution in [-0.4, -0.2) is 49.7 Å². The van der Waals surface area contributed by atoms with Crippen LogP contribution in [0.25, 0.3) is 0 Å². The third kappa shape index (κ3) is 5.35. The molecule has 0 saturated carbocycles. The monoisotopic (exact) mass is 368 g/mol. The second-order valence-corrected chi connectivity index (χ2v) is 5.80. The molecule has 0 aliphatic carbocycles. The van der Waals surface area contributed by atoms with Crippen LogP contribution in [0.5, 0.6) is 0 Å². The lowest BCUT2D eigenvalue weighted by atomic mass is 10.1. The van der Waals surface area contributed by atoms with Crippen LogP contribution in [0.4, 0.5) is 5.69 Å². The fourth-order valence-electron chi connectivity index (χ4n) is 3.01. The SMILES string of the molecule is CN(CCN1CCNCC1c1cccnc1)c1ccccc1.Cl.Cl. The first-order valence-corrected chi connectivity index (χ1v) is 7.95. The molecular weight excluding hydrogens is 343 g/mol. The topological polar surface area (TPSA) is 31.4 Å². The molecule has 3 rings (SSSR count). The first-order chi connectivity index (χ1) is 10.8. The highest BCUT2D eigenvalue weighted by molar-refractivity contribution is 5.85. The summed E-state index contributed by atoms with van der Waals surface area (Å²) in [5.74, 6) is 0. The zero-order valence-corrected chi connectivity index (χ0v) is 15.6. The minimum absolute atomic E-state index is 0. The van der Waals surface area contributed by atoms with Crippen molar-refractivity contribution in [1.29, 1.82) is 0 Å². The zero-order chi connectivity index (χ0) is 15.2. The molecule has 1 fully saturated rings. The van der Waals surface area contributed by atoms with Crippen LogP contribution in [0.15, 0.2) is 54.9 Å². The Balaban J connectivity index is 0.00000144. The van der Waals surface area contributed by atoms with E-state index in [1.165, 1.54) is 11.3 Å². The maximum atomic E-state index is 4.27. The molecule has 1 N–H and O–H groups in total. The van der Waals surface area contributed by atoms with E-state index in [0.717, 1.165) is 32.7 Å². The Labute approximate surface area is 157 Å². The third-order valence-corrected chi connectivity index (χ3v) is 4.34. The van der Waals surface area contributed by atoms with Gasteiger partial charge in [0.05, 0.1) is 0 Å². The van der Waals surface area contributed by atoms with E-state index in [9.17, 15) is 0 Å². The average Bonchev–Trinajstić information content (AvgIpc) is 2.61. The van der Waals surface area contributed by atoms with Gasteiger partial charge in [-0.2, -0.15) is 0 Å². The number of likely N-dealkylation sites (N-methyl/N-ethyl adjacent to an activating group) is 1. The summed E-state index contributed by atoms with van der Waals surface area (Å²) < 4.78 is 0. The number of aromatic nitrogens is 1. The summed E-state index contributed by atoms with van der Waals surface area (Å²) in [5.41, 5.74) is 2.58. The molecule has 4 nitrogen and oxygen atoms in total. The van der Waals surface area contributed by atoms with Gasteiger partial charge in [0.25, 0.3) is 0 Å². The number of anilines is 1. The van der Waals surface area contributed by atoms with Gasteiger partial charge in [-0.05, 0) is 23.8 Å². The number of hydrogen-bond acceptors (Lipinski definition) is 4. The van der Waals surface area contributed by atoms with Crippen molar-refractivity contribution in [2.24, 2.45) is 0 Å². The number of para-hydroxylation sites is 1. The first kappa shape index (κ1) is 20.7. The van der Waals surface area contributed by atoms with Gasteiger partial charge in [-0.3, -0.25) is 9.88 Å². The number of halogens is 2. The standard InChI is InChI=1S/C18H24N4.2ClH/c1-21(17-7-3-2-4-8-17)12-13-22-11-10-20-15-18(22)16-6-5-9-19-14-16;;/h2-9,14,18,20H,10-13,15H2,1H3;2*1H. The highest BCUT2D eigenvalue weighted by atomic mass is 35.5. The van der Waals surface area contributed by atoms with Crippen molar-refractivity contribution in [3.63, 3.8) is 0 Å². The summed E-state index contributed by atoms with van der Waals surface area (Å²) in [5, 5.41) is 3.50. The van der Waals surface area contributed by atoms with Crippen LogP contribution in [0.1, 0.15) is 11.6 Å². The van der Waals surface area contributed by atoms with Crippen LogP contribution in [0.2, 0.25) is 0 Å². The van der Waals surface area contributed by atoms with Gasteiger partial charge >= 0.3 is 0 Å². The van der Waals surface area contributed by atoms with E-state index >= 15 is 0 Å². The molecule has 1 aromatic heterocycles. The first-order valence-electron chi connectivity index (χ1n) is 7.95. The van der Waals surface area contributed by atoms with Gasteiger partial charge < -0.3 is 10.2 Å². The quantitative estimate of drug-likeness (QED) is 0.878. The lowest BCUT2D eigenvalue weighted by Gasteiger charge is -2.37. The predicted octanol–water partition coefficient (Wildman–Crippen LogP) is 3.01. The normalized spacial score (nSPS) is 17.5. The fourth-order valence-corrected chi connectivity index (χ4v) is 3.01. The molecule has 1 aliphatic heterocycles. The van der Waals surface area contributed by atoms with Crippen molar-refractivity contribution in [3.8, 4) is 0 Å². The number of pyridine rings is 1. The Bertz CT molecular complexity index is 568. The summed E-state index contributed by atoms with van der Waals surface area (Å²) in [4.78, 5) is 9.16. The predicted molar refractivity (Wildman–Crippen MR) is 106 cm³/mol. The van der Waals surface area contributed by atoms with Crippen LogP contribution < -0.4 is 10.2 Å². The lowest BCUT2D eigenvalue weighted by Crippen LogP contribution is -2.48. The van der Waals surface area contributed by atoms with E-state index in [-0.39, 0.29) is 24.8 Å². The Morgan fingerprint density at radius 2 is 1.96 bits per heavy atom. The zero-order valence-electron chi connectivity index (χ0n) is 14.0. The maximum absolute atomic E-state index is 4.27. The van der Waals surface area contributed by atoms with Crippen LogP contribution in [-0.2, 0) is 0 Å². The van der Waals surface area contributed by atoms with Crippen molar-refractivity contribution in [2.75, 3.05) is 44.7 Å². The number of rotatable bonds is 5. The van der Waals surface area contributed by atoms with Crippen LogP contribution in [0.3, 0.4) is 0 Å². The van der Waals surface area contributed by atoms with E-state index in [2.05, 4.69) is 63.5 Å². The molecule has 6 heteroatoms. The maximum Gasteiger partial charge on any atom is 0.0489 e. The molecule has 2 aromatic rings. The van der Waals surface area contributed by atoms with Gasteiger partial charge in [0.1, 0.15) is 0 Å². The molecule has 0 radical (unpaired) electrons. The molecule has 2 heterocycles. The molecule has 1 saturated heterocycles. The molecule has 0 amide bonds. The summed E-state index contributed by atoms with van der Waals surface area (Å²) in [6.45, 7) is 5.24. The lowest BCUT2D eigenvalue weighted by molar-refractivity contribution is 0.166. The summed E-state index contributed by atoms with van der Waals surface area (Å²) in [6, 6.07) is 15.2. The average molecular weight is 369 g/mol. The molecule has 24 heavy (non-hydrogen) atoms. The highest BCUT2D eigenvalue weighted by Crippen LogP contribution is 2.21. The number of piperazine rings is 1. The van der Waals surface area contributed by atoms with Crippen molar-refractivity contribution < 1.29 is 0 Å². The molecule has 1 unspecified atom stereocenters. The molecule has 1 aliphatic rings. The number of benzene rings is 1. The smallest absolute Gasteiger partial charge is 0.0489 e. The minimum Gasteiger partial charge on any atom is -0.373 e. The number of hydrogen-bond donors (Lipinski definition) is 1. The Hall–Kier alpha value is -1.33. The number of nitrogens with one attached hydrogen (secondary N) is 1. The van der Waals surface area contributed by atoms with Crippen molar-refractivity contribution in [1.82, 2.24) is 15.2 Å². The van der Waals surface area contributed by atoms with E-state index in [4.69, 9.17) is 0 Å². The summed E-state index contributed by atoms with van der Waals surface area (Å²) >= 11 is 0. The molecule has 1 atom stereocenters. The molecule has 0 bridgehead atoms. The van der Waals surface area contributed by atoms with Crippen molar-refractivity contribution in [3.05, 3.63) is 60.4 Å². The van der Waals surface area contributed by atoms with Gasteiger partial charge in [0, 0.05) is 63.9 Å². The summed E-state index contributed by atoms with van der Waals surface area (Å²) in [7, 11) is 2.16. The molecule has 0 spiro atoms. The number of nitrogens with zero attached hydrogens (tertiary/aromatic N) is 3.